The lowest BCUT2D eigenvalue weighted by atomic mass is 10.00. The quantitative estimate of drug-likeness (QED) is 0.595. The molecule has 1 aliphatic carbocycles. The minimum atomic E-state index is -0.0727. The van der Waals surface area contributed by atoms with Crippen molar-refractivity contribution in [2.75, 3.05) is 12.3 Å². The molecule has 0 saturated heterocycles. The molecule has 0 radical (unpaired) electrons. The molecule has 1 atom stereocenters. The zero-order valence-electron chi connectivity index (χ0n) is 11.5. The number of hydrogen-bond donors (Lipinski definition) is 2. The highest BCUT2D eigenvalue weighted by molar-refractivity contribution is 7.99. The maximum atomic E-state index is 11.2. The van der Waals surface area contributed by atoms with Crippen molar-refractivity contribution in [2.24, 2.45) is 5.92 Å². The van der Waals surface area contributed by atoms with Crippen molar-refractivity contribution in [1.82, 2.24) is 15.3 Å². The van der Waals surface area contributed by atoms with Gasteiger partial charge in [0, 0.05) is 24.1 Å². The summed E-state index contributed by atoms with van der Waals surface area (Å²) in [4.78, 5) is 18.2. The summed E-state index contributed by atoms with van der Waals surface area (Å²) < 4.78 is 0. The Balaban J connectivity index is 1.89. The molecule has 1 aromatic rings. The Hall–Kier alpha value is -0.810. The van der Waals surface area contributed by atoms with Crippen LogP contribution in [0.4, 0.5) is 0 Å². The van der Waals surface area contributed by atoms with Gasteiger partial charge in [0.25, 0.3) is 5.56 Å². The molecule has 1 aliphatic rings. The van der Waals surface area contributed by atoms with Crippen molar-refractivity contribution in [1.29, 1.82) is 0 Å². The predicted molar refractivity (Wildman–Crippen MR) is 79.6 cm³/mol. The second-order valence-corrected chi connectivity index (χ2v) is 6.16. The Bertz CT molecular complexity index is 429. The van der Waals surface area contributed by atoms with E-state index in [4.69, 9.17) is 0 Å². The van der Waals surface area contributed by atoms with Crippen LogP contribution in [0.1, 0.15) is 39.0 Å². The van der Waals surface area contributed by atoms with E-state index in [1.54, 1.807) is 18.0 Å². The molecule has 2 rings (SSSR count). The van der Waals surface area contributed by atoms with Gasteiger partial charge in [-0.15, -0.1) is 0 Å². The van der Waals surface area contributed by atoms with E-state index in [0.29, 0.717) is 6.04 Å². The average Bonchev–Trinajstić information content (AvgIpc) is 2.93. The Morgan fingerprint density at radius 3 is 3.00 bits per heavy atom. The summed E-state index contributed by atoms with van der Waals surface area (Å²) in [6, 6.07) is 1.99. The molecule has 0 spiro atoms. The van der Waals surface area contributed by atoms with Crippen molar-refractivity contribution in [3.63, 3.8) is 0 Å². The average molecular weight is 281 g/mol. The molecule has 106 valence electrons. The van der Waals surface area contributed by atoms with Crippen LogP contribution in [0.25, 0.3) is 0 Å². The van der Waals surface area contributed by atoms with Gasteiger partial charge >= 0.3 is 0 Å². The topological polar surface area (TPSA) is 57.8 Å². The van der Waals surface area contributed by atoms with Crippen LogP contribution in [0.15, 0.2) is 22.2 Å². The summed E-state index contributed by atoms with van der Waals surface area (Å²) in [7, 11) is 0. The maximum Gasteiger partial charge on any atom is 0.251 e. The molecule has 0 aliphatic heterocycles. The molecule has 1 saturated carbocycles. The van der Waals surface area contributed by atoms with Crippen LogP contribution < -0.4 is 10.9 Å². The van der Waals surface area contributed by atoms with E-state index in [2.05, 4.69) is 22.2 Å². The van der Waals surface area contributed by atoms with Crippen LogP contribution in [0, 0.1) is 5.92 Å². The van der Waals surface area contributed by atoms with Crippen LogP contribution in [-0.2, 0) is 0 Å². The van der Waals surface area contributed by atoms with E-state index in [0.717, 1.165) is 29.8 Å². The second-order valence-electron chi connectivity index (χ2n) is 5.16. The van der Waals surface area contributed by atoms with E-state index < -0.39 is 0 Å². The number of nitrogens with one attached hydrogen (secondary N) is 2. The molecule has 19 heavy (non-hydrogen) atoms. The maximum absolute atomic E-state index is 11.2. The van der Waals surface area contributed by atoms with Crippen molar-refractivity contribution >= 4 is 11.8 Å². The first-order chi connectivity index (χ1) is 9.29. The van der Waals surface area contributed by atoms with Crippen LogP contribution in [-0.4, -0.2) is 28.3 Å². The van der Waals surface area contributed by atoms with Gasteiger partial charge in [-0.05, 0) is 31.7 Å². The fourth-order valence-corrected chi connectivity index (χ4v) is 3.68. The van der Waals surface area contributed by atoms with Crippen molar-refractivity contribution < 1.29 is 0 Å². The SMILES string of the molecule is CCCNC(CSc1nccc(=O)[nH]1)C1CCCC1. The lowest BCUT2D eigenvalue weighted by Gasteiger charge is -2.24. The van der Waals surface area contributed by atoms with Gasteiger partial charge in [-0.2, -0.15) is 0 Å². The van der Waals surface area contributed by atoms with Gasteiger partial charge in [0.1, 0.15) is 0 Å². The number of aromatic amines is 1. The van der Waals surface area contributed by atoms with Gasteiger partial charge in [0.05, 0.1) is 0 Å². The number of thioether (sulfide) groups is 1. The largest absolute Gasteiger partial charge is 0.313 e. The standard InChI is InChI=1S/C14H23N3OS/c1-2-8-15-12(11-5-3-4-6-11)10-19-14-16-9-7-13(18)17-14/h7,9,11-12,15H,2-6,8,10H2,1H3,(H,16,17,18). The molecule has 2 N–H and O–H groups in total. The minimum absolute atomic E-state index is 0.0727. The highest BCUT2D eigenvalue weighted by Gasteiger charge is 2.24. The van der Waals surface area contributed by atoms with Crippen molar-refractivity contribution in [3.05, 3.63) is 22.6 Å². The van der Waals surface area contributed by atoms with Crippen molar-refractivity contribution in [2.45, 2.75) is 50.2 Å². The Labute approximate surface area is 118 Å². The second kappa shape index (κ2) is 7.70. The molecule has 1 fully saturated rings. The van der Waals surface area contributed by atoms with Gasteiger partial charge in [-0.3, -0.25) is 4.79 Å². The number of aromatic nitrogens is 2. The molecule has 1 aromatic heterocycles. The fraction of sp³-hybridized carbons (Fsp3) is 0.714. The Morgan fingerprint density at radius 1 is 1.53 bits per heavy atom. The van der Waals surface area contributed by atoms with E-state index in [1.807, 2.05) is 0 Å². The highest BCUT2D eigenvalue weighted by Crippen LogP contribution is 2.30. The van der Waals surface area contributed by atoms with Gasteiger partial charge in [-0.25, -0.2) is 4.98 Å². The van der Waals surface area contributed by atoms with E-state index >= 15 is 0 Å². The fourth-order valence-electron chi connectivity index (χ4n) is 2.65. The summed E-state index contributed by atoms with van der Waals surface area (Å²) in [5, 5.41) is 4.39. The summed E-state index contributed by atoms with van der Waals surface area (Å²) >= 11 is 1.65. The zero-order chi connectivity index (χ0) is 13.5. The summed E-state index contributed by atoms with van der Waals surface area (Å²) in [5.74, 6) is 1.77. The molecule has 5 heteroatoms. The molecule has 0 amide bonds. The molecule has 1 heterocycles. The first kappa shape index (κ1) is 14.6. The third-order valence-corrected chi connectivity index (χ3v) is 4.68. The van der Waals surface area contributed by atoms with Crippen molar-refractivity contribution in [3.8, 4) is 0 Å². The van der Waals surface area contributed by atoms with E-state index in [-0.39, 0.29) is 5.56 Å². The molecule has 0 bridgehead atoms. The van der Waals surface area contributed by atoms with Crippen LogP contribution >= 0.6 is 11.8 Å². The number of nitrogens with zero attached hydrogens (tertiary/aromatic N) is 1. The normalized spacial score (nSPS) is 17.7. The summed E-state index contributed by atoms with van der Waals surface area (Å²) in [5.41, 5.74) is -0.0727. The number of H-pyrrole nitrogens is 1. The lowest BCUT2D eigenvalue weighted by molar-refractivity contribution is 0.387. The minimum Gasteiger partial charge on any atom is -0.313 e. The van der Waals surface area contributed by atoms with Crippen LogP contribution in [0.5, 0.6) is 0 Å². The summed E-state index contributed by atoms with van der Waals surface area (Å²) in [6.07, 6.45) is 8.13. The van der Waals surface area contributed by atoms with E-state index in [9.17, 15) is 4.79 Å². The first-order valence-electron chi connectivity index (χ1n) is 7.21. The Morgan fingerprint density at radius 2 is 2.32 bits per heavy atom. The summed E-state index contributed by atoms with van der Waals surface area (Å²) in [6.45, 7) is 3.27. The Kier molecular flexibility index (Phi) is 5.92. The predicted octanol–water partition coefficient (Wildman–Crippen LogP) is 2.42. The molecule has 0 aromatic carbocycles. The van der Waals surface area contributed by atoms with Gasteiger partial charge < -0.3 is 10.3 Å². The number of rotatable bonds is 7. The zero-order valence-corrected chi connectivity index (χ0v) is 12.3. The first-order valence-corrected chi connectivity index (χ1v) is 8.19. The molecular weight excluding hydrogens is 258 g/mol. The van der Waals surface area contributed by atoms with Gasteiger partial charge in [0.2, 0.25) is 0 Å². The van der Waals surface area contributed by atoms with Gasteiger partial charge in [-0.1, -0.05) is 31.5 Å². The highest BCUT2D eigenvalue weighted by atomic mass is 32.2. The number of hydrogen-bond acceptors (Lipinski definition) is 4. The lowest BCUT2D eigenvalue weighted by Crippen LogP contribution is -2.37. The van der Waals surface area contributed by atoms with Crippen LogP contribution in [0.2, 0.25) is 0 Å². The van der Waals surface area contributed by atoms with Crippen LogP contribution in [0.3, 0.4) is 0 Å². The smallest absolute Gasteiger partial charge is 0.251 e. The molecule has 1 unspecified atom stereocenters. The van der Waals surface area contributed by atoms with Gasteiger partial charge in [0.15, 0.2) is 5.16 Å². The third-order valence-electron chi connectivity index (χ3n) is 3.67. The van der Waals surface area contributed by atoms with E-state index in [1.165, 1.54) is 31.7 Å². The molecular formula is C14H23N3OS. The molecule has 4 nitrogen and oxygen atoms in total. The third kappa shape index (κ3) is 4.66. The monoisotopic (exact) mass is 281 g/mol.